The highest BCUT2D eigenvalue weighted by molar-refractivity contribution is 5.23. The number of ether oxygens (including phenoxy) is 1. The molecule has 1 saturated heterocycles. The summed E-state index contributed by atoms with van der Waals surface area (Å²) in [5, 5.41) is 4.58. The van der Waals surface area contributed by atoms with Crippen molar-refractivity contribution < 1.29 is 9.13 Å². The average molecular weight is 287 g/mol. The van der Waals surface area contributed by atoms with Crippen LogP contribution in [0.1, 0.15) is 42.8 Å². The second-order valence-electron chi connectivity index (χ2n) is 6.44. The molecule has 1 aromatic heterocycles. The Labute approximate surface area is 123 Å². The van der Waals surface area contributed by atoms with Gasteiger partial charge in [0.2, 0.25) is 0 Å². The predicted molar refractivity (Wildman–Crippen MR) is 75.7 cm³/mol. The van der Waals surface area contributed by atoms with Crippen LogP contribution in [-0.2, 0) is 11.2 Å². The lowest BCUT2D eigenvalue weighted by Gasteiger charge is -2.37. The summed E-state index contributed by atoms with van der Waals surface area (Å²) in [7, 11) is 0. The average Bonchev–Trinajstić information content (AvgIpc) is 2.99. The molecule has 0 bridgehead atoms. The van der Waals surface area contributed by atoms with Gasteiger partial charge in [-0.05, 0) is 5.56 Å². The summed E-state index contributed by atoms with van der Waals surface area (Å²) in [6, 6.07) is 9.93. The molecular formula is C16H18FN3O. The van der Waals surface area contributed by atoms with Crippen molar-refractivity contribution in [1.82, 2.24) is 14.8 Å². The molecule has 0 unspecified atom stereocenters. The third-order valence-corrected chi connectivity index (χ3v) is 4.38. The van der Waals surface area contributed by atoms with E-state index < -0.39 is 6.17 Å². The minimum Gasteiger partial charge on any atom is -0.380 e. The molecule has 1 fully saturated rings. The fourth-order valence-electron chi connectivity index (χ4n) is 3.19. The largest absolute Gasteiger partial charge is 0.380 e. The maximum atomic E-state index is 14.2. The van der Waals surface area contributed by atoms with Gasteiger partial charge in [0.25, 0.3) is 0 Å². The molecule has 2 atom stereocenters. The predicted octanol–water partition coefficient (Wildman–Crippen LogP) is 2.86. The summed E-state index contributed by atoms with van der Waals surface area (Å²) in [6.07, 6.45) is 0.156. The normalized spacial score (nSPS) is 26.4. The Morgan fingerprint density at radius 1 is 1.33 bits per heavy atom. The van der Waals surface area contributed by atoms with E-state index in [9.17, 15) is 4.39 Å². The van der Waals surface area contributed by atoms with E-state index in [-0.39, 0.29) is 11.5 Å². The highest BCUT2D eigenvalue weighted by Gasteiger charge is 2.38. The fraction of sp³-hybridized carbons (Fsp3) is 0.500. The number of hydrogen-bond donors (Lipinski definition) is 0. The van der Waals surface area contributed by atoms with E-state index in [1.807, 2.05) is 30.3 Å². The van der Waals surface area contributed by atoms with Gasteiger partial charge in [0, 0.05) is 18.3 Å². The van der Waals surface area contributed by atoms with Crippen LogP contribution >= 0.6 is 0 Å². The van der Waals surface area contributed by atoms with Crippen LogP contribution in [0.5, 0.6) is 0 Å². The van der Waals surface area contributed by atoms with Gasteiger partial charge < -0.3 is 4.74 Å². The van der Waals surface area contributed by atoms with Crippen molar-refractivity contribution >= 4 is 0 Å². The van der Waals surface area contributed by atoms with Gasteiger partial charge >= 0.3 is 0 Å². The Balaban J connectivity index is 1.64. The van der Waals surface area contributed by atoms with E-state index >= 15 is 0 Å². The van der Waals surface area contributed by atoms with Crippen LogP contribution in [0.15, 0.2) is 30.3 Å². The molecular weight excluding hydrogens is 269 g/mol. The molecule has 2 aliphatic heterocycles. The van der Waals surface area contributed by atoms with Crippen LogP contribution in [-0.4, -0.2) is 28.0 Å². The fourth-order valence-corrected chi connectivity index (χ4v) is 3.19. The van der Waals surface area contributed by atoms with Crippen LogP contribution in [0.2, 0.25) is 0 Å². The zero-order chi connectivity index (χ0) is 14.4. The van der Waals surface area contributed by atoms with Crippen molar-refractivity contribution in [3.05, 3.63) is 47.5 Å². The van der Waals surface area contributed by atoms with Crippen LogP contribution in [0.3, 0.4) is 0 Å². The molecule has 0 amide bonds. The molecule has 4 nitrogen and oxygen atoms in total. The number of benzene rings is 1. The van der Waals surface area contributed by atoms with E-state index in [2.05, 4.69) is 17.0 Å². The summed E-state index contributed by atoms with van der Waals surface area (Å²) in [4.78, 5) is 4.44. The Hall–Kier alpha value is -1.75. The summed E-state index contributed by atoms with van der Waals surface area (Å²) in [6.45, 7) is 3.63. The summed E-state index contributed by atoms with van der Waals surface area (Å²) in [5.74, 6) is 1.21. The Kier molecular flexibility index (Phi) is 2.85. The topological polar surface area (TPSA) is 39.9 Å². The molecule has 5 heteroatoms. The lowest BCUT2D eigenvalue weighted by Crippen LogP contribution is -2.41. The number of fused-ring (bicyclic) bond motifs is 1. The van der Waals surface area contributed by atoms with Crippen molar-refractivity contribution in [2.45, 2.75) is 32.0 Å². The third kappa shape index (κ3) is 2.16. The maximum absolute atomic E-state index is 14.2. The molecule has 2 aromatic rings. The van der Waals surface area contributed by atoms with Crippen molar-refractivity contribution in [2.24, 2.45) is 5.41 Å². The van der Waals surface area contributed by atoms with E-state index in [1.54, 1.807) is 4.68 Å². The first-order valence-corrected chi connectivity index (χ1v) is 7.37. The molecule has 0 radical (unpaired) electrons. The monoisotopic (exact) mass is 287 g/mol. The lowest BCUT2D eigenvalue weighted by atomic mass is 9.85. The first-order chi connectivity index (χ1) is 10.1. The first kappa shape index (κ1) is 13.0. The van der Waals surface area contributed by atoms with Gasteiger partial charge in [-0.2, -0.15) is 5.10 Å². The van der Waals surface area contributed by atoms with Gasteiger partial charge in [-0.15, -0.1) is 0 Å². The van der Waals surface area contributed by atoms with E-state index in [0.29, 0.717) is 12.2 Å². The van der Waals surface area contributed by atoms with Crippen LogP contribution in [0, 0.1) is 5.41 Å². The van der Waals surface area contributed by atoms with Gasteiger partial charge in [-0.3, -0.25) is 0 Å². The minimum atomic E-state index is -1.03. The molecule has 0 saturated carbocycles. The third-order valence-electron chi connectivity index (χ3n) is 4.38. The smallest absolute Gasteiger partial charge is 0.162 e. The number of hydrogen-bond acceptors (Lipinski definition) is 3. The van der Waals surface area contributed by atoms with Gasteiger partial charge in [0.1, 0.15) is 0 Å². The van der Waals surface area contributed by atoms with Gasteiger partial charge in [-0.25, -0.2) is 14.1 Å². The minimum absolute atomic E-state index is 0.0390. The highest BCUT2D eigenvalue weighted by Crippen LogP contribution is 2.40. The SMILES string of the molecule is CC1(Cc2nc3n(n2)[C@H](c2ccccc2)C[C@@H]3F)COC1. The zero-order valence-electron chi connectivity index (χ0n) is 12.0. The Morgan fingerprint density at radius 2 is 2.10 bits per heavy atom. The van der Waals surface area contributed by atoms with E-state index in [0.717, 1.165) is 31.0 Å². The van der Waals surface area contributed by atoms with Gasteiger partial charge in [-0.1, -0.05) is 37.3 Å². The molecule has 0 N–H and O–H groups in total. The summed E-state index contributed by atoms with van der Waals surface area (Å²) >= 11 is 0. The molecule has 0 spiro atoms. The van der Waals surface area contributed by atoms with Gasteiger partial charge in [0.15, 0.2) is 17.8 Å². The van der Waals surface area contributed by atoms with Crippen LogP contribution < -0.4 is 0 Å². The summed E-state index contributed by atoms with van der Waals surface area (Å²) < 4.78 is 21.3. The van der Waals surface area contributed by atoms with Crippen molar-refractivity contribution in [1.29, 1.82) is 0 Å². The molecule has 2 aliphatic rings. The van der Waals surface area contributed by atoms with Gasteiger partial charge in [0.05, 0.1) is 19.3 Å². The van der Waals surface area contributed by atoms with E-state index in [4.69, 9.17) is 4.74 Å². The number of alkyl halides is 1. The second-order valence-corrected chi connectivity index (χ2v) is 6.44. The number of halogens is 1. The van der Waals surface area contributed by atoms with Crippen molar-refractivity contribution in [3.8, 4) is 0 Å². The Bertz CT molecular complexity index is 651. The molecule has 0 aliphatic carbocycles. The number of nitrogens with zero attached hydrogens (tertiary/aromatic N) is 3. The van der Waals surface area contributed by atoms with Crippen LogP contribution in [0.4, 0.5) is 4.39 Å². The lowest BCUT2D eigenvalue weighted by molar-refractivity contribution is -0.101. The maximum Gasteiger partial charge on any atom is 0.162 e. The standard InChI is InChI=1S/C16H18FN3O/c1-16(9-21-10-16)8-14-18-15-12(17)7-13(20(15)19-14)11-5-3-2-4-6-11/h2-6,12-13H,7-10H2,1H3/t12-,13-/m0/s1. The Morgan fingerprint density at radius 3 is 2.76 bits per heavy atom. The molecule has 1 aromatic carbocycles. The van der Waals surface area contributed by atoms with Crippen LogP contribution in [0.25, 0.3) is 0 Å². The molecule has 4 rings (SSSR count). The number of rotatable bonds is 3. The van der Waals surface area contributed by atoms with Crippen molar-refractivity contribution in [2.75, 3.05) is 13.2 Å². The first-order valence-electron chi connectivity index (χ1n) is 7.37. The molecule has 21 heavy (non-hydrogen) atoms. The molecule has 110 valence electrons. The highest BCUT2D eigenvalue weighted by atomic mass is 19.1. The second kappa shape index (κ2) is 4.63. The number of aromatic nitrogens is 3. The molecule has 3 heterocycles. The zero-order valence-corrected chi connectivity index (χ0v) is 12.0. The quantitative estimate of drug-likeness (QED) is 0.871. The van der Waals surface area contributed by atoms with Crippen molar-refractivity contribution in [3.63, 3.8) is 0 Å². The van der Waals surface area contributed by atoms with E-state index in [1.165, 1.54) is 0 Å². The summed E-state index contributed by atoms with van der Waals surface area (Å²) in [5.41, 5.74) is 1.20.